The SMILES string of the molecule is CCc1nn2c(-c3ccsc3)ccnc2c1-c1ccc(Br)cc1. The maximum absolute atomic E-state index is 4.83. The summed E-state index contributed by atoms with van der Waals surface area (Å²) in [5.41, 5.74) is 6.51. The number of halogens is 1. The van der Waals surface area contributed by atoms with Crippen LogP contribution in [0, 0.1) is 0 Å². The minimum Gasteiger partial charge on any atom is -0.236 e. The third-order valence-corrected chi connectivity index (χ3v) is 5.09. The van der Waals surface area contributed by atoms with Gasteiger partial charge in [-0.1, -0.05) is 35.0 Å². The topological polar surface area (TPSA) is 30.2 Å². The Morgan fingerprint density at radius 3 is 2.61 bits per heavy atom. The van der Waals surface area contributed by atoms with E-state index in [0.717, 1.165) is 39.1 Å². The molecule has 3 nitrogen and oxygen atoms in total. The molecular formula is C18H14BrN3S. The van der Waals surface area contributed by atoms with Crippen LogP contribution in [0.5, 0.6) is 0 Å². The van der Waals surface area contributed by atoms with E-state index in [1.807, 2.05) is 16.8 Å². The number of fused-ring (bicyclic) bond motifs is 1. The summed E-state index contributed by atoms with van der Waals surface area (Å²) in [5, 5.41) is 9.06. The molecule has 0 N–H and O–H groups in total. The van der Waals surface area contributed by atoms with Crippen LogP contribution >= 0.6 is 27.3 Å². The molecule has 114 valence electrons. The minimum atomic E-state index is 0.873. The lowest BCUT2D eigenvalue weighted by Gasteiger charge is -2.03. The smallest absolute Gasteiger partial charge is 0.163 e. The first kappa shape index (κ1) is 14.6. The van der Waals surface area contributed by atoms with Gasteiger partial charge in [-0.2, -0.15) is 16.4 Å². The van der Waals surface area contributed by atoms with Gasteiger partial charge in [0, 0.05) is 27.2 Å². The second-order valence-corrected chi connectivity index (χ2v) is 6.96. The van der Waals surface area contributed by atoms with E-state index in [2.05, 4.69) is 68.9 Å². The van der Waals surface area contributed by atoms with E-state index in [4.69, 9.17) is 5.10 Å². The molecule has 23 heavy (non-hydrogen) atoms. The summed E-state index contributed by atoms with van der Waals surface area (Å²) in [6.45, 7) is 2.13. The van der Waals surface area contributed by atoms with Crippen molar-refractivity contribution in [3.05, 3.63) is 63.5 Å². The van der Waals surface area contributed by atoms with Crippen LogP contribution in [0.4, 0.5) is 0 Å². The Hall–Kier alpha value is -1.98. The van der Waals surface area contributed by atoms with Gasteiger partial charge < -0.3 is 0 Å². The first-order chi connectivity index (χ1) is 11.3. The van der Waals surface area contributed by atoms with Gasteiger partial charge in [0.25, 0.3) is 0 Å². The lowest BCUT2D eigenvalue weighted by Crippen LogP contribution is -1.95. The Morgan fingerprint density at radius 2 is 1.91 bits per heavy atom. The standard InChI is InChI=1S/C18H14BrN3S/c1-2-15-17(12-3-5-14(19)6-4-12)18-20-9-7-16(22(18)21-15)13-8-10-23-11-13/h3-11H,2H2,1H3. The predicted octanol–water partition coefficient (Wildman–Crippen LogP) is 5.45. The molecule has 0 aliphatic rings. The van der Waals surface area contributed by atoms with Crippen molar-refractivity contribution < 1.29 is 0 Å². The molecule has 0 aliphatic heterocycles. The number of thiophene rings is 1. The van der Waals surface area contributed by atoms with E-state index < -0.39 is 0 Å². The summed E-state index contributed by atoms with van der Waals surface area (Å²) in [7, 11) is 0. The number of hydrogen-bond acceptors (Lipinski definition) is 3. The fourth-order valence-electron chi connectivity index (χ4n) is 2.78. The average molecular weight is 384 g/mol. The monoisotopic (exact) mass is 383 g/mol. The third kappa shape index (κ3) is 2.50. The Labute approximate surface area is 146 Å². The molecule has 5 heteroatoms. The highest BCUT2D eigenvalue weighted by Gasteiger charge is 2.17. The fourth-order valence-corrected chi connectivity index (χ4v) is 3.69. The molecule has 0 fully saturated rings. The lowest BCUT2D eigenvalue weighted by atomic mass is 10.0. The second-order valence-electron chi connectivity index (χ2n) is 5.26. The number of nitrogens with zero attached hydrogens (tertiary/aromatic N) is 3. The molecule has 0 unspecified atom stereocenters. The quantitative estimate of drug-likeness (QED) is 0.470. The van der Waals surface area contributed by atoms with Crippen LogP contribution in [0.1, 0.15) is 12.6 Å². The fraction of sp³-hybridized carbons (Fsp3) is 0.111. The zero-order valence-electron chi connectivity index (χ0n) is 12.5. The predicted molar refractivity (Wildman–Crippen MR) is 98.8 cm³/mol. The van der Waals surface area contributed by atoms with Crippen molar-refractivity contribution in [3.8, 4) is 22.4 Å². The van der Waals surface area contributed by atoms with Crippen molar-refractivity contribution >= 4 is 32.9 Å². The van der Waals surface area contributed by atoms with Gasteiger partial charge in [-0.25, -0.2) is 9.50 Å². The molecule has 3 heterocycles. The summed E-state index contributed by atoms with van der Waals surface area (Å²) < 4.78 is 3.04. The largest absolute Gasteiger partial charge is 0.236 e. The van der Waals surface area contributed by atoms with Crippen LogP contribution in [-0.2, 0) is 6.42 Å². The van der Waals surface area contributed by atoms with Crippen molar-refractivity contribution in [2.45, 2.75) is 13.3 Å². The van der Waals surface area contributed by atoms with E-state index >= 15 is 0 Å². The van der Waals surface area contributed by atoms with Crippen LogP contribution < -0.4 is 0 Å². The van der Waals surface area contributed by atoms with Crippen molar-refractivity contribution in [2.24, 2.45) is 0 Å². The van der Waals surface area contributed by atoms with Gasteiger partial charge in [0.2, 0.25) is 0 Å². The molecule has 0 bridgehead atoms. The number of benzene rings is 1. The summed E-state index contributed by atoms with van der Waals surface area (Å²) in [6, 6.07) is 12.5. The maximum Gasteiger partial charge on any atom is 0.163 e. The van der Waals surface area contributed by atoms with Crippen LogP contribution in [-0.4, -0.2) is 14.6 Å². The van der Waals surface area contributed by atoms with Crippen molar-refractivity contribution in [3.63, 3.8) is 0 Å². The number of rotatable bonds is 3. The minimum absolute atomic E-state index is 0.873. The molecule has 0 saturated carbocycles. The zero-order valence-corrected chi connectivity index (χ0v) is 14.9. The van der Waals surface area contributed by atoms with Crippen molar-refractivity contribution in [1.82, 2.24) is 14.6 Å². The van der Waals surface area contributed by atoms with E-state index in [0.29, 0.717) is 0 Å². The molecular weight excluding hydrogens is 370 g/mol. The van der Waals surface area contributed by atoms with E-state index in [1.165, 1.54) is 5.56 Å². The number of aromatic nitrogens is 3. The van der Waals surface area contributed by atoms with Crippen LogP contribution in [0.3, 0.4) is 0 Å². The van der Waals surface area contributed by atoms with Crippen LogP contribution in [0.25, 0.3) is 28.0 Å². The highest BCUT2D eigenvalue weighted by atomic mass is 79.9. The zero-order chi connectivity index (χ0) is 15.8. The van der Waals surface area contributed by atoms with Gasteiger partial charge in [0.1, 0.15) is 0 Å². The molecule has 3 aromatic heterocycles. The number of hydrogen-bond donors (Lipinski definition) is 0. The Kier molecular flexibility index (Phi) is 3.75. The molecule has 0 spiro atoms. The second kappa shape index (κ2) is 5.91. The molecule has 4 aromatic rings. The molecule has 0 amide bonds. The van der Waals surface area contributed by atoms with Gasteiger partial charge in [0.05, 0.1) is 11.4 Å². The average Bonchev–Trinajstić information content (AvgIpc) is 3.22. The van der Waals surface area contributed by atoms with Gasteiger partial charge >= 0.3 is 0 Å². The summed E-state index contributed by atoms with van der Waals surface area (Å²) in [6.07, 6.45) is 2.74. The Bertz CT molecular complexity index is 956. The van der Waals surface area contributed by atoms with E-state index in [1.54, 1.807) is 11.3 Å². The molecule has 0 aliphatic carbocycles. The highest BCUT2D eigenvalue weighted by molar-refractivity contribution is 9.10. The lowest BCUT2D eigenvalue weighted by molar-refractivity contribution is 0.894. The normalized spacial score (nSPS) is 11.2. The van der Waals surface area contributed by atoms with Crippen molar-refractivity contribution in [1.29, 1.82) is 0 Å². The first-order valence-corrected chi connectivity index (χ1v) is 9.16. The molecule has 1 aromatic carbocycles. The summed E-state index contributed by atoms with van der Waals surface area (Å²) >= 11 is 5.19. The van der Waals surface area contributed by atoms with Gasteiger partial charge in [-0.05, 0) is 41.6 Å². The first-order valence-electron chi connectivity index (χ1n) is 7.43. The highest BCUT2D eigenvalue weighted by Crippen LogP contribution is 2.31. The van der Waals surface area contributed by atoms with Crippen molar-refractivity contribution in [2.75, 3.05) is 0 Å². The summed E-state index contributed by atoms with van der Waals surface area (Å²) in [4.78, 5) is 4.61. The van der Waals surface area contributed by atoms with E-state index in [-0.39, 0.29) is 0 Å². The van der Waals surface area contributed by atoms with Crippen LogP contribution in [0.15, 0.2) is 57.8 Å². The van der Waals surface area contributed by atoms with Crippen LogP contribution in [0.2, 0.25) is 0 Å². The molecule has 4 rings (SSSR count). The van der Waals surface area contributed by atoms with Gasteiger partial charge in [-0.15, -0.1) is 0 Å². The molecule has 0 radical (unpaired) electrons. The van der Waals surface area contributed by atoms with E-state index in [9.17, 15) is 0 Å². The maximum atomic E-state index is 4.83. The Morgan fingerprint density at radius 1 is 1.09 bits per heavy atom. The summed E-state index contributed by atoms with van der Waals surface area (Å²) in [5.74, 6) is 0. The Balaban J connectivity index is 2.01. The third-order valence-electron chi connectivity index (χ3n) is 3.88. The number of aryl methyl sites for hydroxylation is 1. The van der Waals surface area contributed by atoms with Gasteiger partial charge in [0.15, 0.2) is 5.65 Å². The molecule has 0 saturated heterocycles. The van der Waals surface area contributed by atoms with Gasteiger partial charge in [-0.3, -0.25) is 0 Å². The molecule has 0 atom stereocenters.